The van der Waals surface area contributed by atoms with Crippen molar-refractivity contribution in [3.8, 4) is 18.1 Å². The van der Waals surface area contributed by atoms with Crippen LogP contribution in [-0.4, -0.2) is 18.6 Å². The summed E-state index contributed by atoms with van der Waals surface area (Å²) in [6, 6.07) is 1.69. The van der Waals surface area contributed by atoms with Crippen LogP contribution in [0.5, 0.6) is 5.75 Å². The number of hydrogen-bond donors (Lipinski definition) is 1. The summed E-state index contributed by atoms with van der Waals surface area (Å²) < 4.78 is 4.99. The second-order valence-electron chi connectivity index (χ2n) is 3.57. The predicted octanol–water partition coefficient (Wildman–Crippen LogP) is 1.90. The number of rotatable bonds is 3. The van der Waals surface area contributed by atoms with Gasteiger partial charge < -0.3 is 10.1 Å². The Balaban J connectivity index is 2.74. The van der Waals surface area contributed by atoms with Gasteiger partial charge in [-0.3, -0.25) is 4.79 Å². The van der Waals surface area contributed by atoms with Crippen molar-refractivity contribution in [3.05, 3.63) is 16.3 Å². The fourth-order valence-corrected chi connectivity index (χ4v) is 1.68. The number of ether oxygens (including phenoxy) is 1. The molecule has 0 aromatic carbocycles. The molecule has 0 saturated heterocycles. The first-order valence-corrected chi connectivity index (χ1v) is 5.29. The Kier molecular flexibility index (Phi) is 3.38. The lowest BCUT2D eigenvalue weighted by atomic mass is 10.1. The lowest BCUT2D eigenvalue weighted by Crippen LogP contribution is -2.41. The van der Waals surface area contributed by atoms with Gasteiger partial charge in [-0.05, 0) is 13.8 Å². The Labute approximate surface area is 93.5 Å². The smallest absolute Gasteiger partial charge is 0.262 e. The number of terminal acetylenes is 1. The summed E-state index contributed by atoms with van der Waals surface area (Å²) >= 11 is 1.33. The van der Waals surface area contributed by atoms with Crippen LogP contribution < -0.4 is 10.1 Å². The largest absolute Gasteiger partial charge is 0.496 e. The molecule has 0 atom stereocenters. The van der Waals surface area contributed by atoms with Gasteiger partial charge in [-0.1, -0.05) is 5.92 Å². The van der Waals surface area contributed by atoms with Crippen LogP contribution in [0.3, 0.4) is 0 Å². The minimum absolute atomic E-state index is 0.175. The van der Waals surface area contributed by atoms with Crippen molar-refractivity contribution < 1.29 is 9.53 Å². The van der Waals surface area contributed by atoms with Gasteiger partial charge in [0.1, 0.15) is 5.75 Å². The van der Waals surface area contributed by atoms with E-state index < -0.39 is 5.54 Å². The molecule has 0 saturated carbocycles. The third-order valence-corrected chi connectivity index (χ3v) is 2.73. The van der Waals surface area contributed by atoms with Crippen LogP contribution in [0.1, 0.15) is 23.5 Å². The van der Waals surface area contributed by atoms with Crippen molar-refractivity contribution in [1.82, 2.24) is 5.32 Å². The highest BCUT2D eigenvalue weighted by Crippen LogP contribution is 2.21. The molecule has 3 nitrogen and oxygen atoms in total. The summed E-state index contributed by atoms with van der Waals surface area (Å²) in [5, 5.41) is 4.52. The topological polar surface area (TPSA) is 38.3 Å². The Hall–Kier alpha value is -1.47. The molecule has 0 aliphatic heterocycles. The highest BCUT2D eigenvalue weighted by molar-refractivity contribution is 7.12. The van der Waals surface area contributed by atoms with Crippen LogP contribution >= 0.6 is 11.3 Å². The number of carbonyl (C=O) groups excluding carboxylic acids is 1. The molecular weight excluding hydrogens is 210 g/mol. The van der Waals surface area contributed by atoms with E-state index in [2.05, 4.69) is 11.2 Å². The second kappa shape index (κ2) is 4.37. The maximum atomic E-state index is 11.7. The molecule has 1 aromatic heterocycles. The maximum Gasteiger partial charge on any atom is 0.262 e. The summed E-state index contributed by atoms with van der Waals surface area (Å²) in [4.78, 5) is 12.3. The Bertz CT molecular complexity index is 401. The Morgan fingerprint density at radius 1 is 1.67 bits per heavy atom. The average molecular weight is 223 g/mol. The normalized spacial score (nSPS) is 10.5. The number of hydrogen-bond acceptors (Lipinski definition) is 3. The molecule has 1 heterocycles. The maximum absolute atomic E-state index is 11.7. The zero-order chi connectivity index (χ0) is 11.5. The van der Waals surface area contributed by atoms with E-state index in [0.717, 1.165) is 0 Å². The summed E-state index contributed by atoms with van der Waals surface area (Å²) in [6.45, 7) is 3.55. The first kappa shape index (κ1) is 11.6. The minimum Gasteiger partial charge on any atom is -0.496 e. The van der Waals surface area contributed by atoms with E-state index in [9.17, 15) is 4.79 Å². The third kappa shape index (κ3) is 3.00. The molecular formula is C11H13NO2S. The van der Waals surface area contributed by atoms with Crippen LogP contribution in [0.15, 0.2) is 11.4 Å². The SMILES string of the molecule is C#CC(C)(C)NC(=O)c1cc(OC)cs1. The van der Waals surface area contributed by atoms with Gasteiger partial charge in [-0.2, -0.15) is 0 Å². The molecule has 4 heteroatoms. The van der Waals surface area contributed by atoms with Gasteiger partial charge in [0, 0.05) is 11.4 Å². The molecule has 0 aliphatic rings. The van der Waals surface area contributed by atoms with Crippen LogP contribution in [-0.2, 0) is 0 Å². The summed E-state index contributed by atoms with van der Waals surface area (Å²) in [5.41, 5.74) is -0.631. The average Bonchev–Trinajstić information content (AvgIpc) is 2.65. The van der Waals surface area contributed by atoms with Gasteiger partial charge in [0.2, 0.25) is 0 Å². The van der Waals surface area contributed by atoms with Crippen molar-refractivity contribution in [3.63, 3.8) is 0 Å². The van der Waals surface area contributed by atoms with Gasteiger partial charge in [0.05, 0.1) is 17.5 Å². The van der Waals surface area contributed by atoms with Crippen molar-refractivity contribution in [2.45, 2.75) is 19.4 Å². The van der Waals surface area contributed by atoms with Crippen molar-refractivity contribution in [2.75, 3.05) is 7.11 Å². The van der Waals surface area contributed by atoms with Crippen LogP contribution in [0.2, 0.25) is 0 Å². The fraction of sp³-hybridized carbons (Fsp3) is 0.364. The van der Waals surface area contributed by atoms with E-state index >= 15 is 0 Å². The lowest BCUT2D eigenvalue weighted by Gasteiger charge is -2.18. The lowest BCUT2D eigenvalue weighted by molar-refractivity contribution is 0.0934. The van der Waals surface area contributed by atoms with E-state index in [0.29, 0.717) is 10.6 Å². The number of carbonyl (C=O) groups is 1. The summed E-state index contributed by atoms with van der Waals surface area (Å²) in [7, 11) is 1.56. The molecule has 80 valence electrons. The number of nitrogens with one attached hydrogen (secondary N) is 1. The van der Waals surface area contributed by atoms with Crippen molar-refractivity contribution in [2.24, 2.45) is 0 Å². The quantitative estimate of drug-likeness (QED) is 0.795. The monoisotopic (exact) mass is 223 g/mol. The second-order valence-corrected chi connectivity index (χ2v) is 4.49. The molecule has 0 unspecified atom stereocenters. The molecule has 15 heavy (non-hydrogen) atoms. The number of amides is 1. The van der Waals surface area contributed by atoms with Crippen LogP contribution in [0, 0.1) is 12.3 Å². The summed E-state index contributed by atoms with van der Waals surface area (Å²) in [5.74, 6) is 3.01. The Morgan fingerprint density at radius 2 is 2.33 bits per heavy atom. The molecule has 1 N–H and O–H groups in total. The molecule has 0 fully saturated rings. The highest BCUT2D eigenvalue weighted by atomic mass is 32.1. The van der Waals surface area contributed by atoms with Gasteiger partial charge in [-0.25, -0.2) is 0 Å². The molecule has 0 radical (unpaired) electrons. The zero-order valence-corrected chi connectivity index (χ0v) is 9.77. The van der Waals surface area contributed by atoms with E-state index in [-0.39, 0.29) is 5.91 Å². The van der Waals surface area contributed by atoms with Gasteiger partial charge in [-0.15, -0.1) is 17.8 Å². The van der Waals surface area contributed by atoms with E-state index in [1.807, 2.05) is 0 Å². The minimum atomic E-state index is -0.631. The standard InChI is InChI=1S/C11H13NO2S/c1-5-11(2,3)12-10(13)9-6-8(14-4)7-15-9/h1,6-7H,2-4H3,(H,12,13). The first-order chi connectivity index (χ1) is 6.98. The van der Waals surface area contributed by atoms with Crippen molar-refractivity contribution >= 4 is 17.2 Å². The van der Waals surface area contributed by atoms with Crippen molar-refractivity contribution in [1.29, 1.82) is 0 Å². The third-order valence-electron chi connectivity index (χ3n) is 1.82. The van der Waals surface area contributed by atoms with E-state index in [4.69, 9.17) is 11.2 Å². The van der Waals surface area contributed by atoms with Gasteiger partial charge in [0.25, 0.3) is 5.91 Å². The Morgan fingerprint density at radius 3 is 2.80 bits per heavy atom. The van der Waals surface area contributed by atoms with Crippen LogP contribution in [0.4, 0.5) is 0 Å². The molecule has 0 aliphatic carbocycles. The predicted molar refractivity (Wildman–Crippen MR) is 61.2 cm³/mol. The first-order valence-electron chi connectivity index (χ1n) is 4.41. The molecule has 0 spiro atoms. The zero-order valence-electron chi connectivity index (χ0n) is 8.96. The van der Waals surface area contributed by atoms with Crippen LogP contribution in [0.25, 0.3) is 0 Å². The number of methoxy groups -OCH3 is 1. The summed E-state index contributed by atoms with van der Waals surface area (Å²) in [6.07, 6.45) is 5.28. The van der Waals surface area contributed by atoms with Gasteiger partial charge >= 0.3 is 0 Å². The molecule has 1 rings (SSSR count). The van der Waals surface area contributed by atoms with Gasteiger partial charge in [0.15, 0.2) is 0 Å². The highest BCUT2D eigenvalue weighted by Gasteiger charge is 2.19. The fourth-order valence-electron chi connectivity index (χ4n) is 0.926. The van der Waals surface area contributed by atoms with E-state index in [1.165, 1.54) is 11.3 Å². The molecule has 0 bridgehead atoms. The molecule has 1 amide bonds. The number of thiophene rings is 1. The van der Waals surface area contributed by atoms with E-state index in [1.54, 1.807) is 32.4 Å². The molecule has 1 aromatic rings.